The number of halogens is 1. The Balaban J connectivity index is 2.13. The molecule has 1 aliphatic rings. The summed E-state index contributed by atoms with van der Waals surface area (Å²) in [5.74, 6) is 0.386. The van der Waals surface area contributed by atoms with Crippen LogP contribution in [0.3, 0.4) is 0 Å². The second-order valence-corrected chi connectivity index (χ2v) is 6.87. The predicted molar refractivity (Wildman–Crippen MR) is 89.8 cm³/mol. The van der Waals surface area contributed by atoms with E-state index in [9.17, 15) is 4.39 Å². The highest BCUT2D eigenvalue weighted by Gasteiger charge is 2.24. The minimum absolute atomic E-state index is 0.202. The summed E-state index contributed by atoms with van der Waals surface area (Å²) in [5, 5.41) is 0. The zero-order valence-electron chi connectivity index (χ0n) is 12.9. The van der Waals surface area contributed by atoms with E-state index < -0.39 is 0 Å². The molecule has 0 bridgehead atoms. The Kier molecular flexibility index (Phi) is 5.71. The Morgan fingerprint density at radius 2 is 2.05 bits per heavy atom. The second kappa shape index (κ2) is 7.32. The molecule has 0 unspecified atom stereocenters. The largest absolute Gasteiger partial charge is 0.389 e. The molecule has 116 valence electrons. The van der Waals surface area contributed by atoms with E-state index in [0.717, 1.165) is 12.1 Å². The van der Waals surface area contributed by atoms with Crippen LogP contribution in [0.15, 0.2) is 18.2 Å². The summed E-state index contributed by atoms with van der Waals surface area (Å²) in [5.41, 5.74) is 6.89. The molecule has 2 nitrogen and oxygen atoms in total. The number of thiocarbonyl (C=S) groups is 1. The van der Waals surface area contributed by atoms with Gasteiger partial charge < -0.3 is 5.73 Å². The SMILES string of the molecule is CC(C)CN(Cc1ccc(C(N)=S)cc1F)C1CCCC1. The summed E-state index contributed by atoms with van der Waals surface area (Å²) in [4.78, 5) is 2.69. The molecule has 0 spiro atoms. The summed E-state index contributed by atoms with van der Waals surface area (Å²) in [7, 11) is 0. The van der Waals surface area contributed by atoms with Crippen LogP contribution in [0.5, 0.6) is 0 Å². The Morgan fingerprint density at radius 1 is 1.38 bits per heavy atom. The molecule has 1 aromatic rings. The van der Waals surface area contributed by atoms with Crippen LogP contribution in [0.2, 0.25) is 0 Å². The maximum absolute atomic E-state index is 14.3. The van der Waals surface area contributed by atoms with Crippen molar-refractivity contribution in [3.8, 4) is 0 Å². The van der Waals surface area contributed by atoms with Crippen molar-refractivity contribution in [3.05, 3.63) is 35.1 Å². The number of nitrogens with zero attached hydrogens (tertiary/aromatic N) is 1. The van der Waals surface area contributed by atoms with E-state index in [0.29, 0.717) is 24.1 Å². The lowest BCUT2D eigenvalue weighted by atomic mass is 10.1. The van der Waals surface area contributed by atoms with Gasteiger partial charge in [-0.05, 0) is 24.8 Å². The fourth-order valence-electron chi connectivity index (χ4n) is 3.13. The fraction of sp³-hybridized carbons (Fsp3) is 0.588. The molecular weight excluding hydrogens is 283 g/mol. The molecule has 0 aromatic heterocycles. The van der Waals surface area contributed by atoms with Gasteiger partial charge in [0.15, 0.2) is 0 Å². The molecule has 4 heteroatoms. The van der Waals surface area contributed by atoms with Crippen molar-refractivity contribution in [3.63, 3.8) is 0 Å². The van der Waals surface area contributed by atoms with Crippen LogP contribution in [0.4, 0.5) is 4.39 Å². The van der Waals surface area contributed by atoms with Crippen molar-refractivity contribution in [1.29, 1.82) is 0 Å². The van der Waals surface area contributed by atoms with Gasteiger partial charge in [-0.25, -0.2) is 4.39 Å². The van der Waals surface area contributed by atoms with E-state index in [1.54, 1.807) is 0 Å². The average Bonchev–Trinajstić information content (AvgIpc) is 2.93. The molecule has 0 heterocycles. The van der Waals surface area contributed by atoms with Crippen LogP contribution in [0.1, 0.15) is 50.7 Å². The zero-order valence-corrected chi connectivity index (χ0v) is 13.8. The maximum Gasteiger partial charge on any atom is 0.128 e. The number of hydrogen-bond donors (Lipinski definition) is 1. The third kappa shape index (κ3) is 4.48. The number of rotatable bonds is 6. The summed E-state index contributed by atoms with van der Waals surface area (Å²) < 4.78 is 14.3. The van der Waals surface area contributed by atoms with E-state index in [1.807, 2.05) is 12.1 Å². The van der Waals surface area contributed by atoms with Gasteiger partial charge in [-0.2, -0.15) is 0 Å². The molecule has 0 atom stereocenters. The van der Waals surface area contributed by atoms with E-state index >= 15 is 0 Å². The lowest BCUT2D eigenvalue weighted by molar-refractivity contribution is 0.166. The first-order chi connectivity index (χ1) is 9.97. The number of benzene rings is 1. The van der Waals surface area contributed by atoms with Gasteiger partial charge in [0, 0.05) is 30.3 Å². The van der Waals surface area contributed by atoms with Crippen molar-refractivity contribution in [2.24, 2.45) is 11.7 Å². The van der Waals surface area contributed by atoms with Crippen molar-refractivity contribution in [1.82, 2.24) is 4.90 Å². The highest BCUT2D eigenvalue weighted by Crippen LogP contribution is 2.26. The quantitative estimate of drug-likeness (QED) is 0.809. The topological polar surface area (TPSA) is 29.3 Å². The van der Waals surface area contributed by atoms with Gasteiger partial charge in [-0.3, -0.25) is 4.90 Å². The average molecular weight is 308 g/mol. The minimum atomic E-state index is -0.202. The van der Waals surface area contributed by atoms with E-state index in [1.165, 1.54) is 31.7 Å². The standard InChI is InChI=1S/C17H25FN2S/c1-12(2)10-20(15-5-3-4-6-15)11-14-8-7-13(17(19)21)9-16(14)18/h7-9,12,15H,3-6,10-11H2,1-2H3,(H2,19,21). The van der Waals surface area contributed by atoms with E-state index in [4.69, 9.17) is 18.0 Å². The molecule has 0 aliphatic heterocycles. The zero-order chi connectivity index (χ0) is 15.4. The van der Waals surface area contributed by atoms with E-state index in [2.05, 4.69) is 18.7 Å². The van der Waals surface area contributed by atoms with Crippen molar-refractivity contribution >= 4 is 17.2 Å². The van der Waals surface area contributed by atoms with E-state index in [-0.39, 0.29) is 10.8 Å². The molecule has 1 saturated carbocycles. The minimum Gasteiger partial charge on any atom is -0.389 e. The molecular formula is C17H25FN2S. The van der Waals surface area contributed by atoms with Gasteiger partial charge >= 0.3 is 0 Å². The normalized spacial score (nSPS) is 16.0. The van der Waals surface area contributed by atoms with Crippen molar-refractivity contribution in [2.45, 2.75) is 52.1 Å². The molecule has 1 fully saturated rings. The lowest BCUT2D eigenvalue weighted by Gasteiger charge is -2.30. The van der Waals surface area contributed by atoms with Crippen LogP contribution in [-0.4, -0.2) is 22.5 Å². The van der Waals surface area contributed by atoms with Gasteiger partial charge in [0.05, 0.1) is 0 Å². The highest BCUT2D eigenvalue weighted by molar-refractivity contribution is 7.80. The fourth-order valence-corrected chi connectivity index (χ4v) is 3.26. The van der Waals surface area contributed by atoms with Gasteiger partial charge in [0.1, 0.15) is 10.8 Å². The van der Waals surface area contributed by atoms with Crippen molar-refractivity contribution in [2.75, 3.05) is 6.54 Å². The molecule has 0 amide bonds. The maximum atomic E-state index is 14.3. The first-order valence-electron chi connectivity index (χ1n) is 7.79. The Morgan fingerprint density at radius 3 is 2.57 bits per heavy atom. The predicted octanol–water partition coefficient (Wildman–Crippen LogP) is 3.86. The summed E-state index contributed by atoms with van der Waals surface area (Å²) in [6.07, 6.45) is 5.06. The number of nitrogens with two attached hydrogens (primary N) is 1. The second-order valence-electron chi connectivity index (χ2n) is 6.43. The summed E-state index contributed by atoms with van der Waals surface area (Å²) in [6, 6.07) is 5.71. The Hall–Kier alpha value is -1.00. The molecule has 21 heavy (non-hydrogen) atoms. The van der Waals surface area contributed by atoms with Crippen molar-refractivity contribution < 1.29 is 4.39 Å². The molecule has 1 aliphatic carbocycles. The number of hydrogen-bond acceptors (Lipinski definition) is 2. The molecule has 1 aromatic carbocycles. The van der Waals surface area contributed by atoms with Gasteiger partial charge in [0.25, 0.3) is 0 Å². The molecule has 2 rings (SSSR count). The lowest BCUT2D eigenvalue weighted by Crippen LogP contribution is -2.36. The molecule has 0 radical (unpaired) electrons. The monoisotopic (exact) mass is 308 g/mol. The van der Waals surface area contributed by atoms with Crippen LogP contribution in [-0.2, 0) is 6.54 Å². The third-order valence-electron chi connectivity index (χ3n) is 4.15. The first-order valence-corrected chi connectivity index (χ1v) is 8.20. The molecule has 0 saturated heterocycles. The van der Waals surface area contributed by atoms with Crippen LogP contribution < -0.4 is 5.73 Å². The highest BCUT2D eigenvalue weighted by atomic mass is 32.1. The van der Waals surface area contributed by atoms with Crippen LogP contribution in [0.25, 0.3) is 0 Å². The molecule has 2 N–H and O–H groups in total. The van der Waals surface area contributed by atoms with Crippen LogP contribution >= 0.6 is 12.2 Å². The van der Waals surface area contributed by atoms with Gasteiger partial charge in [-0.15, -0.1) is 0 Å². The summed E-state index contributed by atoms with van der Waals surface area (Å²) >= 11 is 4.90. The first kappa shape index (κ1) is 16.4. The summed E-state index contributed by atoms with van der Waals surface area (Å²) in [6.45, 7) is 6.12. The Bertz CT molecular complexity index is 496. The third-order valence-corrected chi connectivity index (χ3v) is 4.39. The Labute approximate surface area is 132 Å². The van der Waals surface area contributed by atoms with Gasteiger partial charge in [-0.1, -0.05) is 51.0 Å². The smallest absolute Gasteiger partial charge is 0.128 e. The van der Waals surface area contributed by atoms with Gasteiger partial charge in [0.2, 0.25) is 0 Å². The van der Waals surface area contributed by atoms with Crippen LogP contribution in [0, 0.1) is 11.7 Å².